The number of rotatable bonds is 8. The molecule has 10 nitrogen and oxygen atoms in total. The number of benzene rings is 2. The summed E-state index contributed by atoms with van der Waals surface area (Å²) in [7, 11) is 3.23. The van der Waals surface area contributed by atoms with Gasteiger partial charge in [0.05, 0.1) is 30.2 Å². The van der Waals surface area contributed by atoms with Crippen LogP contribution >= 0.6 is 0 Å². The molecule has 2 N–H and O–H groups in total. The van der Waals surface area contributed by atoms with E-state index in [4.69, 9.17) is 9.47 Å². The zero-order chi connectivity index (χ0) is 23.4. The Morgan fingerprint density at radius 3 is 2.64 bits per heavy atom. The molecule has 2 aromatic carbocycles. The largest absolute Gasteiger partial charge is 0.494 e. The van der Waals surface area contributed by atoms with Gasteiger partial charge in [-0.3, -0.25) is 9.48 Å². The second-order valence-electron chi connectivity index (χ2n) is 6.62. The molecule has 0 unspecified atom stereocenters. The molecule has 0 saturated heterocycles. The van der Waals surface area contributed by atoms with Crippen molar-refractivity contribution in [2.24, 2.45) is 7.05 Å². The van der Waals surface area contributed by atoms with Crippen molar-refractivity contribution in [3.8, 4) is 22.9 Å². The molecule has 12 heteroatoms. The lowest BCUT2D eigenvalue weighted by Gasteiger charge is -2.15. The van der Waals surface area contributed by atoms with E-state index in [1.54, 1.807) is 36.3 Å². The molecule has 0 saturated carbocycles. The number of hydrogen-bond donors (Lipinski definition) is 2. The second-order valence-corrected chi connectivity index (χ2v) is 6.62. The smallest absolute Gasteiger partial charge is 0.298 e. The van der Waals surface area contributed by atoms with Gasteiger partial charge in [-0.25, -0.2) is 18.7 Å². The third-order valence-electron chi connectivity index (χ3n) is 4.42. The molecule has 2 heterocycles. The number of carbonyl (C=O) groups excluding carboxylic acids is 1. The molecular formula is C21H17F2N7O3. The Bertz CT molecular complexity index is 1310. The van der Waals surface area contributed by atoms with Crippen LogP contribution in [-0.2, 0) is 11.8 Å². The first-order valence-electron chi connectivity index (χ1n) is 9.48. The number of nitrogens with zero attached hydrogens (tertiary/aromatic N) is 5. The number of methoxy groups -OCH3 is 1. The Hall–Kier alpha value is -4.61. The minimum Gasteiger partial charge on any atom is -0.494 e. The predicted octanol–water partition coefficient (Wildman–Crippen LogP) is 3.58. The summed E-state index contributed by atoms with van der Waals surface area (Å²) in [6.07, 6.45) is 2.78. The summed E-state index contributed by atoms with van der Waals surface area (Å²) < 4.78 is 39.3. The first-order chi connectivity index (χ1) is 16.0. The van der Waals surface area contributed by atoms with Gasteiger partial charge < -0.3 is 20.1 Å². The highest BCUT2D eigenvalue weighted by molar-refractivity contribution is 5.78. The van der Waals surface area contributed by atoms with E-state index in [0.29, 0.717) is 22.8 Å². The van der Waals surface area contributed by atoms with Crippen LogP contribution in [0.3, 0.4) is 0 Å². The van der Waals surface area contributed by atoms with Crippen molar-refractivity contribution in [2.75, 3.05) is 17.7 Å². The van der Waals surface area contributed by atoms with Crippen molar-refractivity contribution < 1.29 is 23.0 Å². The number of hydrogen-bond acceptors (Lipinski definition) is 9. The summed E-state index contributed by atoms with van der Waals surface area (Å²) in [5.74, 6) is -0.602. The van der Waals surface area contributed by atoms with Crippen molar-refractivity contribution in [2.45, 2.75) is 0 Å². The highest BCUT2D eigenvalue weighted by Crippen LogP contribution is 2.37. The maximum absolute atomic E-state index is 14.0. The van der Waals surface area contributed by atoms with Gasteiger partial charge in [-0.05, 0) is 24.3 Å². The van der Waals surface area contributed by atoms with Crippen LogP contribution in [-0.4, -0.2) is 38.3 Å². The molecule has 4 rings (SSSR count). The zero-order valence-electron chi connectivity index (χ0n) is 17.4. The van der Waals surface area contributed by atoms with Gasteiger partial charge in [-0.2, -0.15) is 10.1 Å². The highest BCUT2D eigenvalue weighted by atomic mass is 19.1. The van der Waals surface area contributed by atoms with E-state index >= 15 is 0 Å². The molecule has 0 aliphatic carbocycles. The van der Waals surface area contributed by atoms with E-state index in [2.05, 4.69) is 30.7 Å². The zero-order valence-corrected chi connectivity index (χ0v) is 17.4. The number of halogens is 2. The van der Waals surface area contributed by atoms with Gasteiger partial charge in [0.15, 0.2) is 23.1 Å². The summed E-state index contributed by atoms with van der Waals surface area (Å²) >= 11 is 0. The minimum absolute atomic E-state index is 0.0125. The van der Waals surface area contributed by atoms with Gasteiger partial charge in [-0.1, -0.05) is 6.07 Å². The lowest BCUT2D eigenvalue weighted by atomic mass is 10.1. The number of ether oxygens (including phenoxy) is 2. The molecule has 0 spiro atoms. The third kappa shape index (κ3) is 4.69. The SMILES string of the molecule is COc1c(Nc2nc(Nc3ccc(F)cc3F)ncc2OC=O)cccc1-c1ncn(C)n1. The average molecular weight is 453 g/mol. The molecule has 33 heavy (non-hydrogen) atoms. The van der Waals surface area contributed by atoms with Crippen molar-refractivity contribution in [3.63, 3.8) is 0 Å². The number of aromatic nitrogens is 5. The molecule has 0 atom stereocenters. The molecule has 0 fully saturated rings. The normalized spacial score (nSPS) is 10.5. The standard InChI is InChI=1S/C21H17F2N7O3/c1-30-10-25-19(29-30)13-4-3-5-16(18(13)32-2)26-20-17(33-11-31)9-24-21(28-20)27-15-7-6-12(22)8-14(15)23/h3-11H,1-2H3,(H2,24,26,27,28). The lowest BCUT2D eigenvalue weighted by molar-refractivity contribution is -0.120. The summed E-state index contributed by atoms with van der Waals surface area (Å²) in [6, 6.07) is 8.29. The topological polar surface area (TPSA) is 116 Å². The van der Waals surface area contributed by atoms with Crippen LogP contribution in [0, 0.1) is 11.6 Å². The molecule has 0 amide bonds. The molecule has 0 aliphatic rings. The van der Waals surface area contributed by atoms with Gasteiger partial charge in [0.1, 0.15) is 18.0 Å². The number of nitrogens with one attached hydrogen (secondary N) is 2. The van der Waals surface area contributed by atoms with Gasteiger partial charge >= 0.3 is 0 Å². The van der Waals surface area contributed by atoms with Crippen LogP contribution in [0.1, 0.15) is 0 Å². The maximum Gasteiger partial charge on any atom is 0.298 e. The number of para-hydroxylation sites is 1. The average Bonchev–Trinajstić information content (AvgIpc) is 3.23. The molecule has 0 aliphatic heterocycles. The van der Waals surface area contributed by atoms with Gasteiger partial charge in [0.25, 0.3) is 6.47 Å². The van der Waals surface area contributed by atoms with Crippen LogP contribution in [0.15, 0.2) is 48.9 Å². The van der Waals surface area contributed by atoms with Crippen LogP contribution in [0.2, 0.25) is 0 Å². The summed E-state index contributed by atoms with van der Waals surface area (Å²) in [4.78, 5) is 23.5. The van der Waals surface area contributed by atoms with Crippen LogP contribution in [0.5, 0.6) is 11.5 Å². The molecule has 4 aromatic rings. The molecule has 0 bridgehead atoms. The fourth-order valence-electron chi connectivity index (χ4n) is 2.99. The van der Waals surface area contributed by atoms with E-state index in [0.717, 1.165) is 12.1 Å². The van der Waals surface area contributed by atoms with Crippen LogP contribution in [0.25, 0.3) is 11.4 Å². The van der Waals surface area contributed by atoms with Gasteiger partial charge in [-0.15, -0.1) is 0 Å². The molecule has 0 radical (unpaired) electrons. The number of carbonyl (C=O) groups is 1. The first kappa shape index (κ1) is 21.6. The van der Waals surface area contributed by atoms with Crippen LogP contribution < -0.4 is 20.1 Å². The van der Waals surface area contributed by atoms with E-state index < -0.39 is 11.6 Å². The van der Waals surface area contributed by atoms with Gasteiger partial charge in [0, 0.05) is 13.1 Å². The maximum atomic E-state index is 14.0. The lowest BCUT2D eigenvalue weighted by Crippen LogP contribution is -2.06. The quantitative estimate of drug-likeness (QED) is 0.386. The number of aryl methyl sites for hydroxylation is 1. The summed E-state index contributed by atoms with van der Waals surface area (Å²) in [5, 5.41) is 9.98. The second kappa shape index (κ2) is 9.26. The summed E-state index contributed by atoms with van der Waals surface area (Å²) in [6.45, 7) is 0.224. The highest BCUT2D eigenvalue weighted by Gasteiger charge is 2.17. The Morgan fingerprint density at radius 1 is 1.09 bits per heavy atom. The monoisotopic (exact) mass is 453 g/mol. The Labute approximate surface area is 186 Å². The number of anilines is 4. The van der Waals surface area contributed by atoms with E-state index in [1.807, 2.05) is 0 Å². The van der Waals surface area contributed by atoms with Crippen LogP contribution in [0.4, 0.5) is 31.9 Å². The summed E-state index contributed by atoms with van der Waals surface area (Å²) in [5.41, 5.74) is 1.05. The first-order valence-corrected chi connectivity index (χ1v) is 9.48. The van der Waals surface area contributed by atoms with E-state index in [1.165, 1.54) is 19.4 Å². The minimum atomic E-state index is -0.821. The van der Waals surface area contributed by atoms with E-state index in [9.17, 15) is 13.6 Å². The van der Waals surface area contributed by atoms with Gasteiger partial charge in [0.2, 0.25) is 5.95 Å². The van der Waals surface area contributed by atoms with Crippen molar-refractivity contribution in [3.05, 3.63) is 60.6 Å². The van der Waals surface area contributed by atoms with Crippen molar-refractivity contribution in [1.29, 1.82) is 0 Å². The third-order valence-corrected chi connectivity index (χ3v) is 4.42. The Kier molecular flexibility index (Phi) is 6.06. The Balaban J connectivity index is 1.71. The predicted molar refractivity (Wildman–Crippen MR) is 115 cm³/mol. The fraction of sp³-hybridized carbons (Fsp3) is 0.0952. The Morgan fingerprint density at radius 2 is 1.94 bits per heavy atom. The molecule has 2 aromatic heterocycles. The molecular weight excluding hydrogens is 436 g/mol. The van der Waals surface area contributed by atoms with Crippen molar-refractivity contribution in [1.82, 2.24) is 24.7 Å². The fourth-order valence-corrected chi connectivity index (χ4v) is 2.99. The van der Waals surface area contributed by atoms with E-state index in [-0.39, 0.29) is 29.7 Å². The van der Waals surface area contributed by atoms with Crippen molar-refractivity contribution >= 4 is 29.6 Å². The molecule has 168 valence electrons.